The van der Waals surface area contributed by atoms with Gasteiger partial charge in [0.05, 0.1) is 6.54 Å². The van der Waals surface area contributed by atoms with E-state index in [1.807, 2.05) is 42.5 Å². The molecule has 4 rings (SSSR count). The summed E-state index contributed by atoms with van der Waals surface area (Å²) >= 11 is 12.6. The molecule has 0 saturated carbocycles. The number of nitrogens with zero attached hydrogens (tertiary/aromatic N) is 1. The third-order valence-corrected chi connectivity index (χ3v) is 6.18. The predicted octanol–water partition coefficient (Wildman–Crippen LogP) is 4.16. The van der Waals surface area contributed by atoms with E-state index in [4.69, 9.17) is 32.7 Å². The molecule has 7 heteroatoms. The zero-order valence-corrected chi connectivity index (χ0v) is 17.6. The van der Waals surface area contributed by atoms with E-state index in [1.165, 1.54) is 0 Å². The van der Waals surface area contributed by atoms with Gasteiger partial charge in [0, 0.05) is 28.1 Å². The number of carbonyl (C=O) groups excluding carboxylic acids is 1. The van der Waals surface area contributed by atoms with Crippen LogP contribution in [0.3, 0.4) is 0 Å². The van der Waals surface area contributed by atoms with Gasteiger partial charge >= 0.3 is 0 Å². The van der Waals surface area contributed by atoms with Gasteiger partial charge in [0.1, 0.15) is 12.7 Å². The van der Waals surface area contributed by atoms with Crippen molar-refractivity contribution < 1.29 is 14.3 Å². The van der Waals surface area contributed by atoms with Crippen molar-refractivity contribution in [1.82, 2.24) is 10.2 Å². The highest BCUT2D eigenvalue weighted by atomic mass is 35.5. The van der Waals surface area contributed by atoms with Crippen molar-refractivity contribution in [3.63, 3.8) is 0 Å². The summed E-state index contributed by atoms with van der Waals surface area (Å²) in [6, 6.07) is 13.2. The summed E-state index contributed by atoms with van der Waals surface area (Å²) in [5.74, 6) is 1.58. The molecule has 0 spiro atoms. The van der Waals surface area contributed by atoms with Crippen molar-refractivity contribution >= 4 is 29.1 Å². The Kier molecular flexibility index (Phi) is 6.48. The number of benzene rings is 2. The fourth-order valence-electron chi connectivity index (χ4n) is 3.78. The van der Waals surface area contributed by atoms with Gasteiger partial charge in [-0.25, -0.2) is 0 Å². The van der Waals surface area contributed by atoms with Gasteiger partial charge in [-0.15, -0.1) is 0 Å². The van der Waals surface area contributed by atoms with E-state index in [-0.39, 0.29) is 17.9 Å². The van der Waals surface area contributed by atoms with Crippen LogP contribution >= 0.6 is 23.2 Å². The van der Waals surface area contributed by atoms with Crippen molar-refractivity contribution in [3.8, 4) is 11.5 Å². The van der Waals surface area contributed by atoms with Crippen LogP contribution in [0.5, 0.6) is 11.5 Å². The number of halogens is 2. The summed E-state index contributed by atoms with van der Waals surface area (Å²) < 4.78 is 11.6. The first-order valence-electron chi connectivity index (χ1n) is 9.91. The maximum absolute atomic E-state index is 12.6. The molecule has 0 bridgehead atoms. The van der Waals surface area contributed by atoms with E-state index < -0.39 is 0 Å². The summed E-state index contributed by atoms with van der Waals surface area (Å²) in [4.78, 5) is 14.9. The largest absolute Gasteiger partial charge is 0.486 e. The lowest BCUT2D eigenvalue weighted by Crippen LogP contribution is -2.45. The number of nitrogens with one attached hydrogen (secondary N) is 1. The standard InChI is InChI=1S/C22H24Cl2N2O3/c23-18-4-3-5-19(24)17(18)13-26-10-8-15(9-11-26)22(27)25-12-16-14-28-20-6-1-2-7-21(20)29-16/h1-7,15-16H,8-14H2,(H,25,27)/t16-/m1/s1. The number of ether oxygens (including phenoxy) is 2. The third-order valence-electron chi connectivity index (χ3n) is 5.47. The van der Waals surface area contributed by atoms with E-state index in [0.717, 1.165) is 43.0 Å². The molecule has 2 aromatic rings. The molecule has 1 fully saturated rings. The minimum absolute atomic E-state index is 0.0183. The van der Waals surface area contributed by atoms with E-state index in [0.29, 0.717) is 29.7 Å². The van der Waals surface area contributed by atoms with E-state index in [9.17, 15) is 4.79 Å². The first-order chi connectivity index (χ1) is 14.1. The number of piperidine rings is 1. The highest BCUT2D eigenvalue weighted by Crippen LogP contribution is 2.31. The minimum Gasteiger partial charge on any atom is -0.486 e. The van der Waals surface area contributed by atoms with Gasteiger partial charge in [-0.3, -0.25) is 9.69 Å². The molecule has 5 nitrogen and oxygen atoms in total. The van der Waals surface area contributed by atoms with Gasteiger partial charge in [0.2, 0.25) is 5.91 Å². The van der Waals surface area contributed by atoms with Crippen LogP contribution in [0.15, 0.2) is 42.5 Å². The molecule has 154 valence electrons. The van der Waals surface area contributed by atoms with E-state index in [2.05, 4.69) is 10.2 Å². The summed E-state index contributed by atoms with van der Waals surface area (Å²) in [5.41, 5.74) is 0.952. The molecule has 1 atom stereocenters. The number of hydrogen-bond acceptors (Lipinski definition) is 4. The van der Waals surface area contributed by atoms with Gasteiger partial charge in [-0.1, -0.05) is 41.4 Å². The second-order valence-electron chi connectivity index (χ2n) is 7.49. The topological polar surface area (TPSA) is 50.8 Å². The van der Waals surface area contributed by atoms with E-state index >= 15 is 0 Å². The zero-order valence-electron chi connectivity index (χ0n) is 16.1. The van der Waals surface area contributed by atoms with Gasteiger partial charge in [0.15, 0.2) is 11.5 Å². The maximum Gasteiger partial charge on any atom is 0.223 e. The van der Waals surface area contributed by atoms with Gasteiger partial charge in [-0.05, 0) is 50.2 Å². The number of likely N-dealkylation sites (tertiary alicyclic amines) is 1. The van der Waals surface area contributed by atoms with Crippen LogP contribution in [0.4, 0.5) is 0 Å². The summed E-state index contributed by atoms with van der Waals surface area (Å²) in [6.07, 6.45) is 1.47. The Morgan fingerprint density at radius 3 is 2.45 bits per heavy atom. The van der Waals surface area contributed by atoms with Crippen LogP contribution in [0, 0.1) is 5.92 Å². The Balaban J connectivity index is 1.22. The first-order valence-corrected chi connectivity index (χ1v) is 10.7. The molecule has 0 radical (unpaired) electrons. The smallest absolute Gasteiger partial charge is 0.223 e. The molecular formula is C22H24Cl2N2O3. The van der Waals surface area contributed by atoms with Gasteiger partial charge < -0.3 is 14.8 Å². The van der Waals surface area contributed by atoms with Crippen LogP contribution in [-0.4, -0.2) is 43.2 Å². The molecule has 2 aliphatic heterocycles. The number of fused-ring (bicyclic) bond motifs is 1. The Morgan fingerprint density at radius 2 is 1.72 bits per heavy atom. The third kappa shape index (κ3) is 4.97. The molecule has 1 N–H and O–H groups in total. The molecule has 2 aliphatic rings. The van der Waals surface area contributed by atoms with Crippen LogP contribution in [0.2, 0.25) is 10.0 Å². The second kappa shape index (κ2) is 9.24. The summed E-state index contributed by atoms with van der Waals surface area (Å²) in [6.45, 7) is 3.28. The molecule has 0 aliphatic carbocycles. The summed E-state index contributed by atoms with van der Waals surface area (Å²) in [7, 11) is 0. The monoisotopic (exact) mass is 434 g/mol. The van der Waals surface area contributed by atoms with Crippen LogP contribution < -0.4 is 14.8 Å². The van der Waals surface area contributed by atoms with Gasteiger partial charge in [0.25, 0.3) is 0 Å². The van der Waals surface area contributed by atoms with Gasteiger partial charge in [-0.2, -0.15) is 0 Å². The Bertz CT molecular complexity index is 849. The van der Waals surface area contributed by atoms with E-state index in [1.54, 1.807) is 0 Å². The summed E-state index contributed by atoms with van der Waals surface area (Å²) in [5, 5.41) is 4.41. The highest BCUT2D eigenvalue weighted by molar-refractivity contribution is 6.35. The second-order valence-corrected chi connectivity index (χ2v) is 8.31. The Hall–Kier alpha value is -1.95. The molecule has 2 aromatic carbocycles. The average molecular weight is 435 g/mol. The van der Waals surface area contributed by atoms with Crippen molar-refractivity contribution in [2.45, 2.75) is 25.5 Å². The number of rotatable bonds is 5. The fraction of sp³-hybridized carbons (Fsp3) is 0.409. The van der Waals surface area contributed by atoms with Crippen LogP contribution in [0.25, 0.3) is 0 Å². The molecule has 1 amide bonds. The molecule has 0 unspecified atom stereocenters. The zero-order chi connectivity index (χ0) is 20.2. The quantitative estimate of drug-likeness (QED) is 0.767. The fourth-order valence-corrected chi connectivity index (χ4v) is 4.30. The lowest BCUT2D eigenvalue weighted by Gasteiger charge is -2.32. The predicted molar refractivity (Wildman–Crippen MR) is 114 cm³/mol. The number of para-hydroxylation sites is 2. The van der Waals surface area contributed by atoms with Crippen molar-refractivity contribution in [2.75, 3.05) is 26.2 Å². The van der Waals surface area contributed by atoms with Crippen LogP contribution in [0.1, 0.15) is 18.4 Å². The Morgan fingerprint density at radius 1 is 1.03 bits per heavy atom. The lowest BCUT2D eigenvalue weighted by molar-refractivity contribution is -0.127. The van der Waals surface area contributed by atoms with Crippen molar-refractivity contribution in [2.24, 2.45) is 5.92 Å². The molecular weight excluding hydrogens is 411 g/mol. The normalized spacial score (nSPS) is 19.7. The molecule has 0 aromatic heterocycles. The minimum atomic E-state index is -0.170. The highest BCUT2D eigenvalue weighted by Gasteiger charge is 2.27. The Labute approximate surface area is 180 Å². The number of hydrogen-bond donors (Lipinski definition) is 1. The van der Waals surface area contributed by atoms with Crippen molar-refractivity contribution in [3.05, 3.63) is 58.1 Å². The first kappa shape index (κ1) is 20.3. The maximum atomic E-state index is 12.6. The number of carbonyl (C=O) groups is 1. The van der Waals surface area contributed by atoms with Crippen molar-refractivity contribution in [1.29, 1.82) is 0 Å². The lowest BCUT2D eigenvalue weighted by atomic mass is 9.95. The van der Waals surface area contributed by atoms with Crippen LogP contribution in [-0.2, 0) is 11.3 Å². The SMILES string of the molecule is O=C(NC[C@@H]1COc2ccccc2O1)C1CCN(Cc2c(Cl)cccc2Cl)CC1. The molecule has 1 saturated heterocycles. The molecule has 2 heterocycles. The average Bonchev–Trinajstić information content (AvgIpc) is 2.75. The number of amides is 1. The molecule has 29 heavy (non-hydrogen) atoms.